The molecule has 3 atom stereocenters. The van der Waals surface area contributed by atoms with Gasteiger partial charge in [-0.1, -0.05) is 80.6 Å². The Kier molecular flexibility index (Phi) is 4.49. The highest BCUT2D eigenvalue weighted by Gasteiger charge is 2.61. The van der Waals surface area contributed by atoms with Crippen LogP contribution in [0, 0.1) is 10.8 Å². The van der Waals surface area contributed by atoms with Gasteiger partial charge in [0.15, 0.2) is 0 Å². The van der Waals surface area contributed by atoms with E-state index in [-0.39, 0.29) is 29.1 Å². The second-order valence-corrected chi connectivity index (χ2v) is 8.94. The molecule has 0 saturated heterocycles. The first-order valence-electron chi connectivity index (χ1n) is 9.99. The molecule has 2 aliphatic rings. The molecule has 1 heterocycles. The van der Waals surface area contributed by atoms with Crippen molar-refractivity contribution in [2.45, 2.75) is 45.6 Å². The fourth-order valence-corrected chi connectivity index (χ4v) is 5.01. The molecule has 1 fully saturated rings. The number of benzene rings is 2. The Morgan fingerprint density at radius 3 is 2.14 bits per heavy atom. The van der Waals surface area contributed by atoms with Crippen molar-refractivity contribution in [3.8, 4) is 0 Å². The average Bonchev–Trinajstić information content (AvgIpc) is 2.94. The minimum atomic E-state index is -1.01. The van der Waals surface area contributed by atoms with Crippen molar-refractivity contribution in [2.75, 3.05) is 0 Å². The van der Waals surface area contributed by atoms with Crippen molar-refractivity contribution in [3.63, 3.8) is 0 Å². The third kappa shape index (κ3) is 2.90. The molecule has 0 unspecified atom stereocenters. The Balaban J connectivity index is 1.82. The van der Waals surface area contributed by atoms with E-state index in [4.69, 9.17) is 0 Å². The molecule has 0 bridgehead atoms. The van der Waals surface area contributed by atoms with Crippen LogP contribution in [0.25, 0.3) is 0 Å². The van der Waals surface area contributed by atoms with Gasteiger partial charge in [0, 0.05) is 18.5 Å². The number of carbonyl (C=O) groups excluding carboxylic acids is 2. The van der Waals surface area contributed by atoms with Gasteiger partial charge >= 0.3 is 0 Å². The first kappa shape index (κ1) is 18.7. The third-order valence-electron chi connectivity index (χ3n) is 6.34. The maximum atomic E-state index is 13.9. The smallest absolute Gasteiger partial charge is 0.241 e. The summed E-state index contributed by atoms with van der Waals surface area (Å²) in [6.07, 6.45) is 4.99. The van der Waals surface area contributed by atoms with Crippen LogP contribution in [0.1, 0.15) is 56.7 Å². The Bertz CT molecular complexity index is 916. The van der Waals surface area contributed by atoms with E-state index in [1.54, 1.807) is 4.90 Å². The molecule has 1 amide bonds. The van der Waals surface area contributed by atoms with Gasteiger partial charge in [-0.3, -0.25) is 9.59 Å². The lowest BCUT2D eigenvalue weighted by molar-refractivity contribution is -0.149. The number of rotatable bonds is 3. The topological polar surface area (TPSA) is 37.4 Å². The fraction of sp³-hybridized carbons (Fsp3) is 0.360. The van der Waals surface area contributed by atoms with E-state index in [9.17, 15) is 9.59 Å². The minimum absolute atomic E-state index is 0.0595. The Morgan fingerprint density at radius 2 is 1.57 bits per heavy atom. The van der Waals surface area contributed by atoms with Crippen LogP contribution < -0.4 is 0 Å². The zero-order valence-electron chi connectivity index (χ0n) is 16.8. The number of Topliss-reactive ketones (excluding diaryl/α,β-unsaturated/α-hetero) is 1. The van der Waals surface area contributed by atoms with Gasteiger partial charge in [0.25, 0.3) is 0 Å². The Hall–Kier alpha value is -2.68. The van der Waals surface area contributed by atoms with Crippen LogP contribution >= 0.6 is 0 Å². The summed E-state index contributed by atoms with van der Waals surface area (Å²) in [5.41, 5.74) is 0.915. The van der Waals surface area contributed by atoms with Gasteiger partial charge in [0.05, 0.1) is 6.04 Å². The number of amides is 1. The molecule has 0 aromatic heterocycles. The van der Waals surface area contributed by atoms with Crippen molar-refractivity contribution in [1.82, 2.24) is 4.90 Å². The number of carbonyl (C=O) groups is 2. The summed E-state index contributed by atoms with van der Waals surface area (Å²) < 4.78 is 0. The van der Waals surface area contributed by atoms with E-state index in [0.29, 0.717) is 12.8 Å². The maximum Gasteiger partial charge on any atom is 0.241 e. The maximum absolute atomic E-state index is 13.9. The highest BCUT2D eigenvalue weighted by Crippen LogP contribution is 2.57. The molecule has 2 aromatic carbocycles. The summed E-state index contributed by atoms with van der Waals surface area (Å²) >= 11 is 0. The summed E-state index contributed by atoms with van der Waals surface area (Å²) in [6.45, 7) is 6.22. The number of hydrogen-bond acceptors (Lipinski definition) is 2. The lowest BCUT2D eigenvalue weighted by Gasteiger charge is -2.43. The van der Waals surface area contributed by atoms with Crippen LogP contribution in [0.4, 0.5) is 0 Å². The SMILES string of the molecule is C[C@@H](c1ccccc1)N1C=C[C@H](c2ccccc2)[C@@]2(CC(C)(C)CC2=O)C1=O. The molecule has 1 saturated carbocycles. The second-order valence-electron chi connectivity index (χ2n) is 8.94. The molecule has 0 radical (unpaired) electrons. The highest BCUT2D eigenvalue weighted by molar-refractivity contribution is 6.10. The van der Waals surface area contributed by atoms with Gasteiger partial charge in [-0.25, -0.2) is 0 Å². The predicted octanol–water partition coefficient (Wildman–Crippen LogP) is 5.26. The van der Waals surface area contributed by atoms with Gasteiger partial charge < -0.3 is 4.90 Å². The molecule has 1 spiro atoms. The van der Waals surface area contributed by atoms with E-state index >= 15 is 0 Å². The third-order valence-corrected chi connectivity index (χ3v) is 6.34. The van der Waals surface area contributed by atoms with Gasteiger partial charge in [0.2, 0.25) is 5.91 Å². The molecular weight excluding hydrogens is 346 g/mol. The molecular formula is C25H27NO2. The van der Waals surface area contributed by atoms with E-state index in [0.717, 1.165) is 11.1 Å². The largest absolute Gasteiger partial charge is 0.311 e. The van der Waals surface area contributed by atoms with Crippen LogP contribution in [0.15, 0.2) is 72.9 Å². The van der Waals surface area contributed by atoms with E-state index in [1.165, 1.54) is 0 Å². The van der Waals surface area contributed by atoms with Crippen LogP contribution in [0.2, 0.25) is 0 Å². The zero-order chi connectivity index (χ0) is 19.9. The molecule has 3 heteroatoms. The molecule has 0 N–H and O–H groups in total. The minimum Gasteiger partial charge on any atom is -0.311 e. The molecule has 2 aromatic rings. The van der Waals surface area contributed by atoms with Gasteiger partial charge in [-0.05, 0) is 29.9 Å². The number of allylic oxidation sites excluding steroid dienone is 1. The second kappa shape index (κ2) is 6.73. The summed E-state index contributed by atoms with van der Waals surface area (Å²) in [5.74, 6) is -0.198. The zero-order valence-corrected chi connectivity index (χ0v) is 16.8. The van der Waals surface area contributed by atoms with E-state index < -0.39 is 5.41 Å². The van der Waals surface area contributed by atoms with Crippen LogP contribution in [-0.4, -0.2) is 16.6 Å². The summed E-state index contributed by atoms with van der Waals surface area (Å²) in [4.78, 5) is 29.1. The van der Waals surface area contributed by atoms with Crippen molar-refractivity contribution in [1.29, 1.82) is 0 Å². The van der Waals surface area contributed by atoms with Crippen molar-refractivity contribution < 1.29 is 9.59 Å². The van der Waals surface area contributed by atoms with Gasteiger partial charge in [0.1, 0.15) is 11.2 Å². The first-order chi connectivity index (χ1) is 13.3. The normalized spacial score (nSPS) is 27.4. The van der Waals surface area contributed by atoms with Crippen LogP contribution in [0.3, 0.4) is 0 Å². The Labute approximate surface area is 167 Å². The molecule has 3 nitrogen and oxygen atoms in total. The van der Waals surface area contributed by atoms with Crippen molar-refractivity contribution in [2.24, 2.45) is 10.8 Å². The number of ketones is 1. The lowest BCUT2D eigenvalue weighted by Crippen LogP contribution is -2.51. The van der Waals surface area contributed by atoms with Crippen molar-refractivity contribution >= 4 is 11.7 Å². The quantitative estimate of drug-likeness (QED) is 0.688. The molecule has 1 aliphatic carbocycles. The first-order valence-corrected chi connectivity index (χ1v) is 9.99. The van der Waals surface area contributed by atoms with Gasteiger partial charge in [-0.2, -0.15) is 0 Å². The Morgan fingerprint density at radius 1 is 0.964 bits per heavy atom. The summed E-state index contributed by atoms with van der Waals surface area (Å²) in [7, 11) is 0. The van der Waals surface area contributed by atoms with E-state index in [2.05, 4.69) is 19.9 Å². The van der Waals surface area contributed by atoms with Gasteiger partial charge in [-0.15, -0.1) is 0 Å². The molecule has 144 valence electrons. The van der Waals surface area contributed by atoms with Crippen LogP contribution in [-0.2, 0) is 9.59 Å². The fourth-order valence-electron chi connectivity index (χ4n) is 5.01. The number of nitrogens with zero attached hydrogens (tertiary/aromatic N) is 1. The number of hydrogen-bond donors (Lipinski definition) is 0. The predicted molar refractivity (Wildman–Crippen MR) is 110 cm³/mol. The van der Waals surface area contributed by atoms with E-state index in [1.807, 2.05) is 73.8 Å². The van der Waals surface area contributed by atoms with Crippen molar-refractivity contribution in [3.05, 3.63) is 84.1 Å². The summed E-state index contributed by atoms with van der Waals surface area (Å²) in [6, 6.07) is 19.9. The summed E-state index contributed by atoms with van der Waals surface area (Å²) in [5, 5.41) is 0. The average molecular weight is 373 g/mol. The molecule has 28 heavy (non-hydrogen) atoms. The standard InChI is InChI=1S/C25H27NO2/c1-18(19-10-6-4-7-11-19)26-15-14-21(20-12-8-5-9-13-20)25(23(26)28)17-24(2,3)16-22(25)27/h4-15,18,21H,16-17H2,1-3H3/t18-,21+,25+/m0/s1. The lowest BCUT2D eigenvalue weighted by atomic mass is 9.66. The molecule has 1 aliphatic heterocycles. The highest BCUT2D eigenvalue weighted by atomic mass is 16.2. The monoisotopic (exact) mass is 373 g/mol. The van der Waals surface area contributed by atoms with Crippen LogP contribution in [0.5, 0.6) is 0 Å². The molecule has 4 rings (SSSR count).